The number of hydrogen-bond acceptors (Lipinski definition) is 2. The fourth-order valence-corrected chi connectivity index (χ4v) is 12.0. The number of benzene rings is 2. The molecule has 2 aliphatic rings. The molecule has 0 saturated carbocycles. The van der Waals surface area contributed by atoms with Crippen molar-refractivity contribution in [3.8, 4) is 0 Å². The summed E-state index contributed by atoms with van der Waals surface area (Å²) in [5.41, 5.74) is 5.83. The predicted octanol–water partition coefficient (Wildman–Crippen LogP) is 1.35. The number of rotatable bonds is 4. The first-order valence-corrected chi connectivity index (χ1v) is 14.3. The summed E-state index contributed by atoms with van der Waals surface area (Å²) in [5, 5.41) is 3.10. The number of halogens is 2. The Hall–Kier alpha value is -1.37. The van der Waals surface area contributed by atoms with Crippen LogP contribution in [0.25, 0.3) is 22.8 Å². The van der Waals surface area contributed by atoms with E-state index in [1.807, 2.05) is 12.4 Å². The van der Waals surface area contributed by atoms with Crippen molar-refractivity contribution >= 4 is 38.2 Å². The third-order valence-electron chi connectivity index (χ3n) is 5.68. The minimum atomic E-state index is -0.520. The second-order valence-electron chi connectivity index (χ2n) is 7.33. The minimum absolute atomic E-state index is 0. The summed E-state index contributed by atoms with van der Waals surface area (Å²) < 4.78 is 10.7. The van der Waals surface area contributed by atoms with Gasteiger partial charge >= 0.3 is 182 Å². The van der Waals surface area contributed by atoms with E-state index in [1.54, 1.807) is 10.6 Å². The molecule has 0 aliphatic heterocycles. The van der Waals surface area contributed by atoms with Crippen LogP contribution in [0.1, 0.15) is 30.7 Å². The van der Waals surface area contributed by atoms with E-state index in [-0.39, 0.29) is 44.0 Å². The molecule has 2 aromatic heterocycles. The molecule has 31 heavy (non-hydrogen) atoms. The Morgan fingerprint density at radius 2 is 1.06 bits per heavy atom. The van der Waals surface area contributed by atoms with Crippen molar-refractivity contribution in [2.24, 2.45) is 0 Å². The van der Waals surface area contributed by atoms with Crippen molar-refractivity contribution in [3.63, 3.8) is 0 Å². The molecule has 2 heterocycles. The van der Waals surface area contributed by atoms with Crippen LogP contribution in [-0.2, 0) is 19.2 Å². The van der Waals surface area contributed by atoms with Crippen LogP contribution < -0.4 is 24.8 Å². The molecule has 2 aromatic carbocycles. The summed E-state index contributed by atoms with van der Waals surface area (Å²) in [6.45, 7) is 0. The Kier molecular flexibility index (Phi) is 7.09. The Labute approximate surface area is 205 Å². The van der Waals surface area contributed by atoms with Crippen LogP contribution in [0, 0.1) is 0 Å². The normalized spacial score (nSPS) is 19.2. The van der Waals surface area contributed by atoms with Crippen LogP contribution in [0.15, 0.2) is 84.7 Å². The van der Waals surface area contributed by atoms with Crippen LogP contribution in [0.5, 0.6) is 0 Å². The summed E-state index contributed by atoms with van der Waals surface area (Å²) in [4.78, 5) is 0. The monoisotopic (exact) mass is 514 g/mol. The van der Waals surface area contributed by atoms with Crippen molar-refractivity contribution in [1.82, 2.24) is 9.49 Å². The summed E-state index contributed by atoms with van der Waals surface area (Å²) >= 11 is -0.372. The van der Waals surface area contributed by atoms with E-state index in [0.717, 1.165) is 0 Å². The Bertz CT molecular complexity index is 1150. The molecular weight excluding hydrogens is 497 g/mol. The van der Waals surface area contributed by atoms with Gasteiger partial charge in [-0.1, -0.05) is 0 Å². The van der Waals surface area contributed by atoms with Gasteiger partial charge in [-0.3, -0.25) is 0 Å². The summed E-state index contributed by atoms with van der Waals surface area (Å²) in [7, 11) is -1.04. The first kappa shape index (κ1) is 22.8. The second kappa shape index (κ2) is 9.64. The molecule has 4 atom stereocenters. The van der Waals surface area contributed by atoms with E-state index in [1.165, 1.54) is 22.3 Å². The molecular formula is C24H18Cl2N2P2Ti. The van der Waals surface area contributed by atoms with Crippen LogP contribution in [0.4, 0.5) is 0 Å². The molecule has 0 radical (unpaired) electrons. The molecule has 2 nitrogen and oxygen atoms in total. The number of fused-ring (bicyclic) bond motifs is 2. The van der Waals surface area contributed by atoms with Crippen LogP contribution >= 0.6 is 15.4 Å². The van der Waals surface area contributed by atoms with Gasteiger partial charge in [-0.2, -0.15) is 0 Å². The zero-order valence-corrected chi connectivity index (χ0v) is 21.3. The first-order valence-electron chi connectivity index (χ1n) is 9.75. The second-order valence-corrected chi connectivity index (χ2v) is 13.1. The topological polar surface area (TPSA) is 25.8 Å². The van der Waals surface area contributed by atoms with E-state index in [9.17, 15) is 0 Å². The van der Waals surface area contributed by atoms with Gasteiger partial charge < -0.3 is 24.8 Å². The minimum Gasteiger partial charge on any atom is -1.00 e. The van der Waals surface area contributed by atoms with Gasteiger partial charge in [0.1, 0.15) is 0 Å². The maximum absolute atomic E-state index is 4.80. The van der Waals surface area contributed by atoms with Gasteiger partial charge in [-0.15, -0.1) is 0 Å². The maximum Gasteiger partial charge on any atom is -1.00 e. The summed E-state index contributed by atoms with van der Waals surface area (Å²) in [5.74, 6) is 4.61. The fraction of sp³-hybridized carbons (Fsp3) is 0.0833. The molecule has 4 unspecified atom stereocenters. The Morgan fingerprint density at radius 1 is 0.613 bits per heavy atom. The van der Waals surface area contributed by atoms with E-state index in [0.29, 0.717) is 8.45 Å². The molecule has 152 valence electrons. The van der Waals surface area contributed by atoms with E-state index in [4.69, 9.17) is 9.49 Å². The van der Waals surface area contributed by atoms with Gasteiger partial charge in [0.25, 0.3) is 0 Å². The molecule has 0 spiro atoms. The third-order valence-corrected chi connectivity index (χ3v) is 12.9. The van der Waals surface area contributed by atoms with Crippen molar-refractivity contribution in [2.75, 3.05) is 0 Å². The van der Waals surface area contributed by atoms with E-state index >= 15 is 0 Å². The molecule has 0 N–H and O–H groups in total. The third kappa shape index (κ3) is 4.07. The van der Waals surface area contributed by atoms with Crippen molar-refractivity contribution in [3.05, 3.63) is 107 Å². The summed E-state index contributed by atoms with van der Waals surface area (Å²) in [6, 6.07) is 22.2. The number of nitrogens with zero attached hydrogens (tertiary/aromatic N) is 2. The quantitative estimate of drug-likeness (QED) is 0.384. The molecule has 2 aliphatic carbocycles. The van der Waals surface area contributed by atoms with Gasteiger partial charge in [-0.05, 0) is 0 Å². The van der Waals surface area contributed by atoms with Crippen LogP contribution in [0.2, 0.25) is 0 Å². The van der Waals surface area contributed by atoms with Gasteiger partial charge in [-0.25, -0.2) is 0 Å². The fourth-order valence-electron chi connectivity index (χ4n) is 4.37. The average molecular weight is 515 g/mol. The Morgan fingerprint density at radius 3 is 1.48 bits per heavy atom. The molecule has 0 amide bonds. The predicted molar refractivity (Wildman–Crippen MR) is 121 cm³/mol. The van der Waals surface area contributed by atoms with Crippen LogP contribution in [0.3, 0.4) is 0 Å². The van der Waals surface area contributed by atoms with Gasteiger partial charge in [0.2, 0.25) is 0 Å². The zero-order chi connectivity index (χ0) is 19.2. The molecule has 7 heteroatoms. The van der Waals surface area contributed by atoms with Gasteiger partial charge in [0.15, 0.2) is 0 Å². The largest absolute Gasteiger partial charge is 1.00 e. The maximum atomic E-state index is 4.80. The standard InChI is InChI=1S/2C12H9NP.2ClH.Ti/c2*1-2-5-11-9-12(8-10(11)4-1)14-7-3-6-13-14;;;/h2*1-9H;2*1H;/q;;;;+2/p-2. The molecule has 4 aromatic rings. The number of aromatic nitrogens is 2. The van der Waals surface area contributed by atoms with E-state index in [2.05, 4.69) is 84.4 Å². The van der Waals surface area contributed by atoms with Gasteiger partial charge in [0, 0.05) is 0 Å². The van der Waals surface area contributed by atoms with E-state index < -0.39 is 15.4 Å². The molecule has 0 saturated heterocycles. The SMILES string of the molecule is C1=C(p2cccn2)[CH]([Ti+2][CH]2C(p3cccn3)=Cc3ccccc32)c2ccccc21.[Cl-].[Cl-]. The van der Waals surface area contributed by atoms with Gasteiger partial charge in [0.05, 0.1) is 0 Å². The molecule has 6 rings (SSSR count). The zero-order valence-electron chi connectivity index (χ0n) is 16.4. The van der Waals surface area contributed by atoms with Crippen molar-refractivity contribution < 1.29 is 44.0 Å². The average Bonchev–Trinajstić information content (AvgIpc) is 3.55. The first-order chi connectivity index (χ1) is 14.4. The number of allylic oxidation sites excluding steroid dienone is 2. The van der Waals surface area contributed by atoms with Crippen molar-refractivity contribution in [2.45, 2.75) is 8.45 Å². The molecule has 0 fully saturated rings. The van der Waals surface area contributed by atoms with Crippen molar-refractivity contribution in [1.29, 1.82) is 0 Å². The molecule has 0 bridgehead atoms. The summed E-state index contributed by atoms with van der Waals surface area (Å²) in [6.07, 6.45) is 8.82. The smallest absolute Gasteiger partial charge is 1.00 e. The Balaban J connectivity index is 0.00000116. The number of hydrogen-bond donors (Lipinski definition) is 0. The van der Waals surface area contributed by atoms with Crippen LogP contribution in [-0.4, -0.2) is 9.49 Å².